The van der Waals surface area contributed by atoms with Gasteiger partial charge in [0, 0.05) is 23.8 Å². The molecule has 3 unspecified atom stereocenters. The Kier molecular flexibility index (Phi) is 8.06. The molecule has 0 aliphatic carbocycles. The highest BCUT2D eigenvalue weighted by Gasteiger charge is 2.37. The Balaban J connectivity index is 1.51. The number of H-pyrrole nitrogens is 1. The van der Waals surface area contributed by atoms with Crippen LogP contribution in [-0.4, -0.2) is 56.5 Å². The Hall–Kier alpha value is -3.94. The van der Waals surface area contributed by atoms with E-state index < -0.39 is 0 Å². The van der Waals surface area contributed by atoms with Crippen LogP contribution in [0.3, 0.4) is 0 Å². The van der Waals surface area contributed by atoms with Crippen LogP contribution in [0.15, 0.2) is 59.6 Å². The molecule has 3 aromatic rings. The van der Waals surface area contributed by atoms with Crippen molar-refractivity contribution in [2.45, 2.75) is 38.3 Å². The van der Waals surface area contributed by atoms with Crippen molar-refractivity contribution in [1.29, 1.82) is 0 Å². The average molecular weight is 506 g/mol. The van der Waals surface area contributed by atoms with Crippen LogP contribution in [0, 0.1) is 5.92 Å². The van der Waals surface area contributed by atoms with E-state index in [-0.39, 0.29) is 17.6 Å². The van der Waals surface area contributed by atoms with Crippen molar-refractivity contribution in [3.63, 3.8) is 0 Å². The highest BCUT2D eigenvalue weighted by molar-refractivity contribution is 5.75. The van der Waals surface area contributed by atoms with Gasteiger partial charge in [-0.15, -0.1) is 5.10 Å². The molecule has 1 N–H and O–H groups in total. The lowest BCUT2D eigenvalue weighted by atomic mass is 9.79. The van der Waals surface area contributed by atoms with E-state index in [9.17, 15) is 0 Å². The molecule has 3 atom stereocenters. The number of benzene rings is 2. The van der Waals surface area contributed by atoms with Crippen LogP contribution in [0.4, 0.5) is 0 Å². The molecule has 2 heterocycles. The van der Waals surface area contributed by atoms with Gasteiger partial charge in [-0.1, -0.05) is 12.1 Å². The summed E-state index contributed by atoms with van der Waals surface area (Å²) in [4.78, 5) is 4.78. The summed E-state index contributed by atoms with van der Waals surface area (Å²) in [7, 11) is 6.53. The third-order valence-electron chi connectivity index (χ3n) is 6.94. The lowest BCUT2D eigenvalue weighted by molar-refractivity contribution is 0.107. The zero-order valence-corrected chi connectivity index (χ0v) is 22.3. The Labute approximate surface area is 218 Å². The van der Waals surface area contributed by atoms with Gasteiger partial charge in [-0.3, -0.25) is 10.1 Å². The first-order valence-electron chi connectivity index (χ1n) is 12.3. The summed E-state index contributed by atoms with van der Waals surface area (Å²) in [5, 5.41) is 7.49. The molecule has 1 aromatic heterocycles. The second kappa shape index (κ2) is 11.4. The number of rotatable bonds is 12. The number of aromatic amines is 1. The molecule has 0 fully saturated rings. The summed E-state index contributed by atoms with van der Waals surface area (Å²) >= 11 is 0. The Morgan fingerprint density at radius 2 is 1.54 bits per heavy atom. The van der Waals surface area contributed by atoms with Crippen molar-refractivity contribution < 1.29 is 23.7 Å². The van der Waals surface area contributed by atoms with Gasteiger partial charge >= 0.3 is 0 Å². The molecule has 0 amide bonds. The fraction of sp³-hybridized carbons (Fsp3) is 0.379. The SMILES string of the molecule is COc1ccc(CCC(C(C)Oc2cc(-c3ccc(OC)c(OC)c3)[nH]n2)C2(C)C=CC=N2)cc1OC. The van der Waals surface area contributed by atoms with Gasteiger partial charge in [0.15, 0.2) is 23.0 Å². The number of aromatic nitrogens is 2. The molecule has 196 valence electrons. The second-order valence-corrected chi connectivity index (χ2v) is 9.21. The van der Waals surface area contributed by atoms with Crippen LogP contribution in [0.25, 0.3) is 11.3 Å². The largest absolute Gasteiger partial charge is 0.493 e. The molecule has 4 rings (SSSR count). The molecule has 8 heteroatoms. The Bertz CT molecular complexity index is 1250. The highest BCUT2D eigenvalue weighted by atomic mass is 16.5. The molecule has 1 aliphatic rings. The monoisotopic (exact) mass is 505 g/mol. The van der Waals surface area contributed by atoms with Crippen LogP contribution in [0.2, 0.25) is 0 Å². The van der Waals surface area contributed by atoms with Gasteiger partial charge in [0.1, 0.15) is 6.10 Å². The van der Waals surface area contributed by atoms with E-state index in [0.29, 0.717) is 17.4 Å². The number of hydrogen-bond donors (Lipinski definition) is 1. The minimum atomic E-state index is -0.363. The van der Waals surface area contributed by atoms with Gasteiger partial charge in [0.2, 0.25) is 5.88 Å². The fourth-order valence-electron chi connectivity index (χ4n) is 4.85. The van der Waals surface area contributed by atoms with Crippen LogP contribution < -0.4 is 23.7 Å². The van der Waals surface area contributed by atoms with Crippen molar-refractivity contribution in [2.75, 3.05) is 28.4 Å². The lowest BCUT2D eigenvalue weighted by Gasteiger charge is -2.34. The van der Waals surface area contributed by atoms with Crippen molar-refractivity contribution >= 4 is 6.21 Å². The third kappa shape index (κ3) is 5.74. The summed E-state index contributed by atoms with van der Waals surface area (Å²) in [6.07, 6.45) is 7.56. The Morgan fingerprint density at radius 3 is 2.19 bits per heavy atom. The number of ether oxygens (including phenoxy) is 5. The molecule has 0 saturated heterocycles. The molecule has 0 spiro atoms. The molecule has 2 aromatic carbocycles. The fourth-order valence-corrected chi connectivity index (χ4v) is 4.85. The zero-order valence-electron chi connectivity index (χ0n) is 22.3. The summed E-state index contributed by atoms with van der Waals surface area (Å²) in [5.41, 5.74) is 2.56. The number of aryl methyl sites for hydroxylation is 1. The molecule has 8 nitrogen and oxygen atoms in total. The smallest absolute Gasteiger partial charge is 0.233 e. The third-order valence-corrected chi connectivity index (χ3v) is 6.94. The second-order valence-electron chi connectivity index (χ2n) is 9.21. The first-order valence-corrected chi connectivity index (χ1v) is 12.3. The van der Waals surface area contributed by atoms with E-state index in [1.54, 1.807) is 28.4 Å². The molecular weight excluding hydrogens is 470 g/mol. The number of allylic oxidation sites excluding steroid dienone is 1. The van der Waals surface area contributed by atoms with Gasteiger partial charge in [-0.05, 0) is 68.7 Å². The zero-order chi connectivity index (χ0) is 26.4. The van der Waals surface area contributed by atoms with Crippen LogP contribution in [0.1, 0.15) is 25.8 Å². The van der Waals surface area contributed by atoms with E-state index in [1.165, 1.54) is 5.56 Å². The number of aliphatic imine (C=N–C) groups is 1. The minimum absolute atomic E-state index is 0.108. The predicted octanol–water partition coefficient (Wildman–Crippen LogP) is 5.53. The van der Waals surface area contributed by atoms with Crippen LogP contribution >= 0.6 is 0 Å². The topological polar surface area (TPSA) is 87.2 Å². The maximum atomic E-state index is 6.38. The van der Waals surface area contributed by atoms with E-state index in [2.05, 4.69) is 36.2 Å². The molecule has 0 radical (unpaired) electrons. The first kappa shape index (κ1) is 26.1. The predicted molar refractivity (Wildman–Crippen MR) is 145 cm³/mol. The minimum Gasteiger partial charge on any atom is -0.493 e. The Morgan fingerprint density at radius 1 is 0.865 bits per heavy atom. The summed E-state index contributed by atoms with van der Waals surface area (Å²) in [6, 6.07) is 13.7. The van der Waals surface area contributed by atoms with Gasteiger partial charge in [-0.25, -0.2) is 0 Å². The number of nitrogens with one attached hydrogen (secondary N) is 1. The van der Waals surface area contributed by atoms with E-state index in [1.807, 2.05) is 48.7 Å². The van der Waals surface area contributed by atoms with Crippen LogP contribution in [-0.2, 0) is 6.42 Å². The molecule has 1 aliphatic heterocycles. The van der Waals surface area contributed by atoms with Crippen molar-refractivity contribution in [3.05, 3.63) is 60.2 Å². The maximum absolute atomic E-state index is 6.38. The highest BCUT2D eigenvalue weighted by Crippen LogP contribution is 2.37. The normalized spacial score (nSPS) is 17.9. The summed E-state index contributed by atoms with van der Waals surface area (Å²) < 4.78 is 28.0. The first-order chi connectivity index (χ1) is 17.9. The number of nitrogens with zero attached hydrogens (tertiary/aromatic N) is 2. The lowest BCUT2D eigenvalue weighted by Crippen LogP contribution is -2.40. The quantitative estimate of drug-likeness (QED) is 0.348. The van der Waals surface area contributed by atoms with E-state index >= 15 is 0 Å². The van der Waals surface area contributed by atoms with Gasteiger partial charge in [0.25, 0.3) is 0 Å². The van der Waals surface area contributed by atoms with Crippen molar-refractivity contribution in [1.82, 2.24) is 10.2 Å². The molecule has 0 bridgehead atoms. The average Bonchev–Trinajstić information content (AvgIpc) is 3.57. The van der Waals surface area contributed by atoms with Crippen LogP contribution in [0.5, 0.6) is 28.9 Å². The molecule has 37 heavy (non-hydrogen) atoms. The maximum Gasteiger partial charge on any atom is 0.233 e. The van der Waals surface area contributed by atoms with Gasteiger partial charge in [-0.2, -0.15) is 0 Å². The van der Waals surface area contributed by atoms with Gasteiger partial charge in [0.05, 0.1) is 39.7 Å². The summed E-state index contributed by atoms with van der Waals surface area (Å²) in [5.74, 6) is 3.41. The van der Waals surface area contributed by atoms with Crippen molar-refractivity contribution in [3.8, 4) is 40.1 Å². The van der Waals surface area contributed by atoms with E-state index in [0.717, 1.165) is 35.6 Å². The summed E-state index contributed by atoms with van der Waals surface area (Å²) in [6.45, 7) is 4.22. The van der Waals surface area contributed by atoms with Crippen molar-refractivity contribution in [2.24, 2.45) is 10.9 Å². The van der Waals surface area contributed by atoms with E-state index in [4.69, 9.17) is 28.7 Å². The number of hydrogen-bond acceptors (Lipinski definition) is 7. The number of methoxy groups -OCH3 is 4. The molecular formula is C29H35N3O5. The standard InChI is InChI=1S/C29H35N3O5/c1-19(37-28-18-23(31-32-28)21-10-13-25(34-4)27(17-21)36-6)22(29(2)14-7-15-30-29)11-8-20-9-12-24(33-3)26(16-20)35-5/h7,9-10,12-19,22H,8,11H2,1-6H3,(H,31,32). The van der Waals surface area contributed by atoms with Gasteiger partial charge < -0.3 is 23.7 Å². The molecule has 0 saturated carbocycles.